The van der Waals surface area contributed by atoms with Crippen LogP contribution in [0.4, 0.5) is 0 Å². The van der Waals surface area contributed by atoms with E-state index in [1.165, 1.54) is 7.11 Å². The Balaban J connectivity index is 2.61. The Kier molecular flexibility index (Phi) is 4.55. The maximum atomic E-state index is 11.1. The predicted octanol–water partition coefficient (Wildman–Crippen LogP) is 0.250. The lowest BCUT2D eigenvalue weighted by Crippen LogP contribution is -2.26. The Labute approximate surface area is 88.8 Å². The van der Waals surface area contributed by atoms with Gasteiger partial charge in [0.25, 0.3) is 0 Å². The van der Waals surface area contributed by atoms with Gasteiger partial charge >= 0.3 is 11.9 Å². The summed E-state index contributed by atoms with van der Waals surface area (Å²) in [6, 6.07) is 0. The monoisotopic (exact) mass is 215 g/mol. The number of hydrogen-bond donors (Lipinski definition) is 2. The third kappa shape index (κ3) is 3.51. The van der Waals surface area contributed by atoms with Crippen molar-refractivity contribution in [3.8, 4) is 0 Å². The van der Waals surface area contributed by atoms with Crippen LogP contribution >= 0.6 is 0 Å². The molecule has 0 unspecified atom stereocenters. The molecule has 1 aliphatic rings. The van der Waals surface area contributed by atoms with Crippen LogP contribution in [0.2, 0.25) is 0 Å². The van der Waals surface area contributed by atoms with Crippen LogP contribution in [0.5, 0.6) is 0 Å². The van der Waals surface area contributed by atoms with Crippen molar-refractivity contribution in [3.63, 3.8) is 0 Å². The van der Waals surface area contributed by atoms with E-state index in [0.29, 0.717) is 19.4 Å². The molecule has 2 atom stereocenters. The molecule has 1 fully saturated rings. The average molecular weight is 215 g/mol. The van der Waals surface area contributed by atoms with Gasteiger partial charge in [-0.05, 0) is 31.8 Å². The number of methoxy groups -OCH3 is 1. The summed E-state index contributed by atoms with van der Waals surface area (Å²) in [4.78, 5) is 22.1. The molecule has 5 heteroatoms. The lowest BCUT2D eigenvalue weighted by Gasteiger charge is -2.19. The van der Waals surface area contributed by atoms with Crippen LogP contribution in [-0.2, 0) is 14.3 Å². The molecule has 0 spiro atoms. The number of carbonyl (C=O) groups is 2. The number of hydrogen-bond acceptors (Lipinski definition) is 4. The third-order valence-electron chi connectivity index (χ3n) is 2.87. The van der Waals surface area contributed by atoms with Crippen LogP contribution in [-0.4, -0.2) is 37.2 Å². The summed E-state index contributed by atoms with van der Waals surface area (Å²) in [5.41, 5.74) is 0. The van der Waals surface area contributed by atoms with E-state index in [-0.39, 0.29) is 18.3 Å². The maximum Gasteiger partial charge on any atom is 0.306 e. The molecule has 1 rings (SSSR count). The minimum Gasteiger partial charge on any atom is -0.481 e. The second kappa shape index (κ2) is 5.70. The van der Waals surface area contributed by atoms with Gasteiger partial charge in [0.15, 0.2) is 0 Å². The van der Waals surface area contributed by atoms with Crippen molar-refractivity contribution < 1.29 is 19.4 Å². The Morgan fingerprint density at radius 2 is 2.07 bits per heavy atom. The fourth-order valence-electron chi connectivity index (χ4n) is 1.97. The molecule has 0 amide bonds. The lowest BCUT2D eigenvalue weighted by molar-refractivity contribution is -0.146. The third-order valence-corrected chi connectivity index (χ3v) is 2.87. The molecular weight excluding hydrogens is 198 g/mol. The van der Waals surface area contributed by atoms with Crippen molar-refractivity contribution in [2.24, 2.45) is 11.8 Å². The molecular formula is C10H17NO4. The molecule has 5 nitrogen and oxygen atoms in total. The highest BCUT2D eigenvalue weighted by molar-refractivity contribution is 5.73. The van der Waals surface area contributed by atoms with Gasteiger partial charge in [0.1, 0.15) is 0 Å². The smallest absolute Gasteiger partial charge is 0.306 e. The first-order valence-electron chi connectivity index (χ1n) is 5.15. The largest absolute Gasteiger partial charge is 0.481 e. The molecule has 0 aromatic carbocycles. The number of esters is 1. The van der Waals surface area contributed by atoms with E-state index >= 15 is 0 Å². The van der Waals surface area contributed by atoms with Crippen molar-refractivity contribution in [3.05, 3.63) is 0 Å². The Bertz CT molecular complexity index is 242. The average Bonchev–Trinajstić information content (AvgIpc) is 2.43. The maximum absolute atomic E-state index is 11.1. The number of carboxylic acid groups (broad SMARTS) is 1. The lowest BCUT2D eigenvalue weighted by atomic mass is 9.85. The minimum atomic E-state index is -0.812. The van der Waals surface area contributed by atoms with E-state index < -0.39 is 11.9 Å². The second-order valence-corrected chi connectivity index (χ2v) is 3.81. The molecule has 86 valence electrons. The van der Waals surface area contributed by atoms with Crippen LogP contribution < -0.4 is 5.32 Å². The first-order chi connectivity index (χ1) is 7.15. The molecule has 0 saturated carbocycles. The quantitative estimate of drug-likeness (QED) is 0.660. The number of carbonyl (C=O) groups excluding carboxylic acids is 1. The van der Waals surface area contributed by atoms with E-state index in [1.807, 2.05) is 0 Å². The predicted molar refractivity (Wildman–Crippen MR) is 53.4 cm³/mol. The molecule has 0 bridgehead atoms. The van der Waals surface area contributed by atoms with Gasteiger partial charge in [-0.15, -0.1) is 0 Å². The van der Waals surface area contributed by atoms with Crippen molar-refractivity contribution in [1.29, 1.82) is 0 Å². The van der Waals surface area contributed by atoms with E-state index in [0.717, 1.165) is 6.54 Å². The van der Waals surface area contributed by atoms with E-state index in [2.05, 4.69) is 10.1 Å². The summed E-state index contributed by atoms with van der Waals surface area (Å²) in [5.74, 6) is -1.68. The fraction of sp³-hybridized carbons (Fsp3) is 0.800. The van der Waals surface area contributed by atoms with Crippen molar-refractivity contribution >= 4 is 11.9 Å². The van der Waals surface area contributed by atoms with Crippen molar-refractivity contribution in [2.75, 3.05) is 20.2 Å². The summed E-state index contributed by atoms with van der Waals surface area (Å²) in [6.07, 6.45) is 1.50. The molecule has 0 aromatic heterocycles. The first-order valence-corrected chi connectivity index (χ1v) is 5.15. The van der Waals surface area contributed by atoms with Crippen molar-refractivity contribution in [2.45, 2.75) is 19.3 Å². The fourth-order valence-corrected chi connectivity index (χ4v) is 1.97. The minimum absolute atomic E-state index is 0.107. The number of rotatable bonds is 3. The Morgan fingerprint density at radius 1 is 1.40 bits per heavy atom. The molecule has 1 saturated heterocycles. The van der Waals surface area contributed by atoms with E-state index in [1.54, 1.807) is 0 Å². The SMILES string of the molecule is COC(=O)C[C@H]1CCNCC[C@H]1C(=O)O. The van der Waals surface area contributed by atoms with E-state index in [9.17, 15) is 9.59 Å². The molecule has 0 aliphatic carbocycles. The highest BCUT2D eigenvalue weighted by Crippen LogP contribution is 2.25. The number of aliphatic carboxylic acids is 1. The van der Waals surface area contributed by atoms with Gasteiger partial charge in [0.05, 0.1) is 13.0 Å². The number of ether oxygens (including phenoxy) is 1. The van der Waals surface area contributed by atoms with Gasteiger partial charge in [-0.2, -0.15) is 0 Å². The normalized spacial score (nSPS) is 26.7. The number of nitrogens with one attached hydrogen (secondary N) is 1. The van der Waals surface area contributed by atoms with E-state index in [4.69, 9.17) is 5.11 Å². The van der Waals surface area contributed by atoms with Crippen LogP contribution in [0, 0.1) is 11.8 Å². The summed E-state index contributed by atoms with van der Waals surface area (Å²) in [7, 11) is 1.33. The zero-order chi connectivity index (χ0) is 11.3. The van der Waals surface area contributed by atoms with Gasteiger partial charge in [-0.3, -0.25) is 9.59 Å². The molecule has 2 N–H and O–H groups in total. The molecule has 0 aromatic rings. The number of carboxylic acids is 1. The highest BCUT2D eigenvalue weighted by atomic mass is 16.5. The Hall–Kier alpha value is -1.10. The topological polar surface area (TPSA) is 75.6 Å². The van der Waals surface area contributed by atoms with Crippen LogP contribution in [0.3, 0.4) is 0 Å². The molecule has 0 radical (unpaired) electrons. The van der Waals surface area contributed by atoms with Crippen molar-refractivity contribution in [1.82, 2.24) is 5.32 Å². The zero-order valence-corrected chi connectivity index (χ0v) is 8.86. The van der Waals surface area contributed by atoms with Gasteiger partial charge < -0.3 is 15.2 Å². The summed E-state index contributed by atoms with van der Waals surface area (Å²) >= 11 is 0. The molecule has 15 heavy (non-hydrogen) atoms. The zero-order valence-electron chi connectivity index (χ0n) is 8.86. The molecule has 1 heterocycles. The van der Waals surface area contributed by atoms with Gasteiger partial charge in [-0.1, -0.05) is 0 Å². The molecule has 1 aliphatic heterocycles. The van der Waals surface area contributed by atoms with Gasteiger partial charge in [0.2, 0.25) is 0 Å². The van der Waals surface area contributed by atoms with Crippen LogP contribution in [0.15, 0.2) is 0 Å². The van der Waals surface area contributed by atoms with Gasteiger partial charge in [-0.25, -0.2) is 0 Å². The summed E-state index contributed by atoms with van der Waals surface area (Å²) in [6.45, 7) is 1.47. The van der Waals surface area contributed by atoms with Gasteiger partial charge in [0, 0.05) is 6.42 Å². The van der Waals surface area contributed by atoms with Crippen LogP contribution in [0.25, 0.3) is 0 Å². The summed E-state index contributed by atoms with van der Waals surface area (Å²) in [5, 5.41) is 12.2. The summed E-state index contributed by atoms with van der Waals surface area (Å²) < 4.78 is 4.57. The first kappa shape index (κ1) is 12.0. The second-order valence-electron chi connectivity index (χ2n) is 3.81. The highest BCUT2D eigenvalue weighted by Gasteiger charge is 2.31. The Morgan fingerprint density at radius 3 is 2.67 bits per heavy atom. The van der Waals surface area contributed by atoms with Crippen LogP contribution in [0.1, 0.15) is 19.3 Å². The standard InChI is InChI=1S/C10H17NO4/c1-15-9(12)6-7-2-4-11-5-3-8(7)10(13)14/h7-8,11H,2-6H2,1H3,(H,13,14)/t7-,8-/m1/s1.